The van der Waals surface area contributed by atoms with Crippen LogP contribution in [0.15, 0.2) is 46.5 Å². The summed E-state index contributed by atoms with van der Waals surface area (Å²) in [7, 11) is 3.18. The van der Waals surface area contributed by atoms with Gasteiger partial charge in [-0.1, -0.05) is 58.4 Å². The van der Waals surface area contributed by atoms with Crippen molar-refractivity contribution in [1.29, 1.82) is 0 Å². The van der Waals surface area contributed by atoms with Crippen molar-refractivity contribution < 1.29 is 34.0 Å². The Labute approximate surface area is 255 Å². The molecule has 0 saturated carbocycles. The second-order valence-electron chi connectivity index (χ2n) is 11.2. The number of methoxy groups -OCH3 is 2. The van der Waals surface area contributed by atoms with E-state index in [1.165, 1.54) is 13.2 Å². The van der Waals surface area contributed by atoms with Crippen molar-refractivity contribution in [3.63, 3.8) is 0 Å². The molecule has 6 atom stereocenters. The summed E-state index contributed by atoms with van der Waals surface area (Å²) < 4.78 is 17.1. The maximum absolute atomic E-state index is 13.1. The molecule has 0 spiro atoms. The van der Waals surface area contributed by atoms with E-state index in [-0.39, 0.29) is 46.7 Å². The van der Waals surface area contributed by atoms with Crippen LogP contribution in [0.2, 0.25) is 0 Å². The van der Waals surface area contributed by atoms with Gasteiger partial charge < -0.3 is 35.5 Å². The van der Waals surface area contributed by atoms with Crippen LogP contribution in [0, 0.1) is 17.8 Å². The van der Waals surface area contributed by atoms with Gasteiger partial charge in [-0.15, -0.1) is 0 Å². The van der Waals surface area contributed by atoms with Crippen molar-refractivity contribution >= 4 is 29.6 Å². The minimum absolute atomic E-state index is 0.0273. The lowest BCUT2D eigenvalue weighted by Crippen LogP contribution is -2.35. The SMILES string of the molecule is CCC=Nc1c(O)cc2c(O)c1CC(CC)CC(OC)C(C)C(C)C=C(C)C(OC(N)=O)C(OC)C=C/C=C(\C)C(=O)N2. The predicted molar refractivity (Wildman–Crippen MR) is 170 cm³/mol. The van der Waals surface area contributed by atoms with Crippen molar-refractivity contribution in [3.8, 4) is 11.5 Å². The van der Waals surface area contributed by atoms with E-state index in [2.05, 4.69) is 31.1 Å². The number of phenolic OH excluding ortho intramolecular Hbond substituents is 2. The van der Waals surface area contributed by atoms with Crippen LogP contribution in [0.1, 0.15) is 66.4 Å². The predicted octanol–water partition coefficient (Wildman–Crippen LogP) is 6.34. The Hall–Kier alpha value is -3.63. The summed E-state index contributed by atoms with van der Waals surface area (Å²) in [4.78, 5) is 29.4. The Morgan fingerprint density at radius 3 is 2.47 bits per heavy atom. The molecule has 2 bridgehead atoms. The van der Waals surface area contributed by atoms with E-state index in [1.54, 1.807) is 38.5 Å². The van der Waals surface area contributed by atoms with Gasteiger partial charge in [-0.05, 0) is 56.4 Å². The van der Waals surface area contributed by atoms with Crippen LogP contribution in [-0.4, -0.2) is 61.0 Å². The van der Waals surface area contributed by atoms with E-state index in [9.17, 15) is 19.8 Å². The lowest BCUT2D eigenvalue weighted by atomic mass is 9.81. The Morgan fingerprint density at radius 1 is 1.19 bits per heavy atom. The molecular formula is C33H49N3O7. The normalized spacial score (nSPS) is 27.3. The molecule has 0 saturated heterocycles. The van der Waals surface area contributed by atoms with E-state index < -0.39 is 24.2 Å². The van der Waals surface area contributed by atoms with Crippen LogP contribution < -0.4 is 11.1 Å². The number of phenols is 2. The Bertz CT molecular complexity index is 1240. The number of aromatic hydroxyl groups is 2. The number of nitrogens with zero attached hydrogens (tertiary/aromatic N) is 1. The number of primary amides is 1. The molecule has 10 nitrogen and oxygen atoms in total. The highest BCUT2D eigenvalue weighted by Gasteiger charge is 2.30. The van der Waals surface area contributed by atoms with Crippen LogP contribution >= 0.6 is 0 Å². The maximum Gasteiger partial charge on any atom is 0.405 e. The molecule has 2 rings (SSSR count). The molecule has 1 aromatic carbocycles. The van der Waals surface area contributed by atoms with Gasteiger partial charge in [0.05, 0.1) is 11.8 Å². The molecule has 238 valence electrons. The van der Waals surface area contributed by atoms with Crippen molar-refractivity contribution in [3.05, 3.63) is 47.1 Å². The first kappa shape index (κ1) is 35.6. The van der Waals surface area contributed by atoms with Crippen LogP contribution in [0.4, 0.5) is 16.2 Å². The van der Waals surface area contributed by atoms with Gasteiger partial charge in [0, 0.05) is 37.6 Å². The summed E-state index contributed by atoms with van der Waals surface area (Å²) in [6.07, 6.45) is 8.58. The van der Waals surface area contributed by atoms with Gasteiger partial charge in [0.2, 0.25) is 0 Å². The topological polar surface area (TPSA) is 153 Å². The number of benzene rings is 1. The number of carbonyl (C=O) groups is 2. The van der Waals surface area contributed by atoms with Gasteiger partial charge in [-0.25, -0.2) is 4.79 Å². The highest BCUT2D eigenvalue weighted by molar-refractivity contribution is 6.04. The van der Waals surface area contributed by atoms with Crippen molar-refractivity contribution in [2.45, 2.75) is 85.5 Å². The molecule has 1 heterocycles. The highest BCUT2D eigenvalue weighted by atomic mass is 16.6. The molecule has 0 radical (unpaired) electrons. The Morgan fingerprint density at radius 2 is 1.88 bits per heavy atom. The third-order valence-corrected chi connectivity index (χ3v) is 8.15. The summed E-state index contributed by atoms with van der Waals surface area (Å²) in [6, 6.07) is 1.31. The Kier molecular flexibility index (Phi) is 13.9. The van der Waals surface area contributed by atoms with Gasteiger partial charge >= 0.3 is 6.09 Å². The number of anilines is 1. The maximum atomic E-state index is 13.1. The number of hydrogen-bond acceptors (Lipinski definition) is 8. The Balaban J connectivity index is 2.73. The number of nitrogens with two attached hydrogens (primary N) is 1. The molecule has 43 heavy (non-hydrogen) atoms. The van der Waals surface area contributed by atoms with Crippen molar-refractivity contribution in [2.75, 3.05) is 19.5 Å². The molecule has 2 amide bonds. The number of hydrogen-bond donors (Lipinski definition) is 4. The monoisotopic (exact) mass is 599 g/mol. The zero-order valence-electron chi connectivity index (χ0n) is 26.7. The number of fused-ring (bicyclic) bond motifs is 2. The van der Waals surface area contributed by atoms with E-state index in [1.807, 2.05) is 19.9 Å². The lowest BCUT2D eigenvalue weighted by Gasteiger charge is -2.31. The highest BCUT2D eigenvalue weighted by Crippen LogP contribution is 2.44. The van der Waals surface area contributed by atoms with Gasteiger partial charge in [-0.2, -0.15) is 0 Å². The standard InChI is InChI=1S/C33H49N3O7/c1-9-14-35-29-24-16-23(10-2)17-28(42-8)22(6)20(4)15-21(5)31(43-33(34)40)27(41-7)13-11-12-19(3)32(39)36-25(30(24)38)18-26(29)37/h11-15,18,20,22-23,27-28,31,37-38H,9-10,16-17H2,1-8H3,(H2,34,40)(H,36,39)/b13-11?,19-12+,21-15?,35-14?. The fourth-order valence-corrected chi connectivity index (χ4v) is 5.31. The quantitative estimate of drug-likeness (QED) is 0.129. The summed E-state index contributed by atoms with van der Waals surface area (Å²) >= 11 is 0. The first-order chi connectivity index (χ1) is 20.4. The molecule has 0 aliphatic carbocycles. The average molecular weight is 600 g/mol. The minimum Gasteiger partial charge on any atom is -0.506 e. The second kappa shape index (κ2) is 16.9. The van der Waals surface area contributed by atoms with E-state index in [0.717, 1.165) is 12.0 Å². The van der Waals surface area contributed by atoms with Crippen molar-refractivity contribution in [1.82, 2.24) is 0 Å². The molecule has 0 fully saturated rings. The number of nitrogens with one attached hydrogen (secondary N) is 1. The van der Waals surface area contributed by atoms with Gasteiger partial charge in [0.25, 0.3) is 5.91 Å². The number of aliphatic imine (C=N–C) groups is 1. The molecular weight excluding hydrogens is 550 g/mol. The lowest BCUT2D eigenvalue weighted by molar-refractivity contribution is -0.112. The molecule has 5 N–H and O–H groups in total. The molecule has 1 aliphatic heterocycles. The summed E-state index contributed by atoms with van der Waals surface area (Å²) in [5.41, 5.74) is 7.35. The van der Waals surface area contributed by atoms with Crippen molar-refractivity contribution in [2.24, 2.45) is 28.5 Å². The van der Waals surface area contributed by atoms with Crippen LogP contribution in [0.3, 0.4) is 0 Å². The first-order valence-corrected chi connectivity index (χ1v) is 14.8. The van der Waals surface area contributed by atoms with E-state index in [4.69, 9.17) is 19.9 Å². The molecule has 1 aliphatic rings. The molecule has 0 aromatic heterocycles. The second-order valence-corrected chi connectivity index (χ2v) is 11.2. The number of amides is 2. The van der Waals surface area contributed by atoms with E-state index in [0.29, 0.717) is 30.4 Å². The van der Waals surface area contributed by atoms with E-state index >= 15 is 0 Å². The summed E-state index contributed by atoms with van der Waals surface area (Å²) in [5, 5.41) is 25.0. The number of carbonyl (C=O) groups excluding carboxylic acids is 2. The molecule has 6 unspecified atom stereocenters. The summed E-state index contributed by atoms with van der Waals surface area (Å²) in [6.45, 7) is 11.7. The minimum atomic E-state index is -0.925. The zero-order chi connectivity index (χ0) is 32.3. The fraction of sp³-hybridized carbons (Fsp3) is 0.545. The van der Waals surface area contributed by atoms with Crippen LogP contribution in [-0.2, 0) is 25.4 Å². The average Bonchev–Trinajstić information content (AvgIpc) is 2.97. The number of allylic oxidation sites excluding steroid dienone is 3. The molecule has 10 heteroatoms. The fourth-order valence-electron chi connectivity index (χ4n) is 5.31. The van der Waals surface area contributed by atoms with Crippen LogP contribution in [0.5, 0.6) is 11.5 Å². The summed E-state index contributed by atoms with van der Waals surface area (Å²) in [5.74, 6) is -0.583. The van der Waals surface area contributed by atoms with Gasteiger partial charge in [-0.3, -0.25) is 9.79 Å². The molecule has 1 aromatic rings. The third kappa shape index (κ3) is 9.69. The van der Waals surface area contributed by atoms with Gasteiger partial charge in [0.15, 0.2) is 6.10 Å². The number of ether oxygens (including phenoxy) is 3. The van der Waals surface area contributed by atoms with Gasteiger partial charge in [0.1, 0.15) is 23.3 Å². The van der Waals surface area contributed by atoms with Crippen LogP contribution in [0.25, 0.3) is 0 Å². The smallest absolute Gasteiger partial charge is 0.405 e. The zero-order valence-corrected chi connectivity index (χ0v) is 26.7. The largest absolute Gasteiger partial charge is 0.506 e. The first-order valence-electron chi connectivity index (χ1n) is 14.8. The number of rotatable bonds is 6. The third-order valence-electron chi connectivity index (χ3n) is 8.15.